The molecule has 0 saturated heterocycles. The molecule has 1 aromatic heterocycles. The summed E-state index contributed by atoms with van der Waals surface area (Å²) in [4.78, 5) is 11.7. The third-order valence-electron chi connectivity index (χ3n) is 2.24. The van der Waals surface area contributed by atoms with Gasteiger partial charge in [0.15, 0.2) is 0 Å². The highest BCUT2D eigenvalue weighted by atomic mass is 79.9. The largest absolute Gasteiger partial charge is 0.383 e. The van der Waals surface area contributed by atoms with E-state index in [2.05, 4.69) is 21.2 Å². The highest BCUT2D eigenvalue weighted by Gasteiger charge is 2.01. The second-order valence-electron chi connectivity index (χ2n) is 3.58. The Hall–Kier alpha value is -0.650. The normalized spacial score (nSPS) is 10.7. The number of pyridine rings is 1. The van der Waals surface area contributed by atoms with E-state index in [9.17, 15) is 4.79 Å². The molecule has 0 unspecified atom stereocenters. The van der Waals surface area contributed by atoms with Gasteiger partial charge in [0, 0.05) is 43.0 Å². The van der Waals surface area contributed by atoms with Gasteiger partial charge in [-0.1, -0.05) is 0 Å². The van der Waals surface area contributed by atoms with E-state index in [4.69, 9.17) is 4.74 Å². The van der Waals surface area contributed by atoms with Crippen LogP contribution >= 0.6 is 15.9 Å². The molecule has 4 nitrogen and oxygen atoms in total. The fraction of sp³-hybridized carbons (Fsp3) is 0.545. The number of rotatable bonds is 6. The van der Waals surface area contributed by atoms with Gasteiger partial charge in [-0.2, -0.15) is 0 Å². The van der Waals surface area contributed by atoms with Gasteiger partial charge in [-0.25, -0.2) is 0 Å². The maximum atomic E-state index is 11.7. The molecule has 90 valence electrons. The minimum atomic E-state index is 0.0664. The molecular weight excluding hydrogens is 272 g/mol. The van der Waals surface area contributed by atoms with Crippen LogP contribution in [0.4, 0.5) is 0 Å². The zero-order chi connectivity index (χ0) is 12.0. The van der Waals surface area contributed by atoms with E-state index in [0.29, 0.717) is 13.2 Å². The number of ether oxygens (including phenoxy) is 1. The SMILES string of the molecule is COCCNCCn1cc(Br)cc(C)c1=O. The van der Waals surface area contributed by atoms with E-state index < -0.39 is 0 Å². The van der Waals surface area contributed by atoms with Crippen LogP contribution < -0.4 is 10.9 Å². The van der Waals surface area contributed by atoms with Crippen LogP contribution in [-0.2, 0) is 11.3 Å². The molecule has 0 saturated carbocycles. The molecule has 16 heavy (non-hydrogen) atoms. The van der Waals surface area contributed by atoms with Crippen LogP contribution in [0.15, 0.2) is 21.5 Å². The van der Waals surface area contributed by atoms with Crippen molar-refractivity contribution in [3.63, 3.8) is 0 Å². The molecule has 0 spiro atoms. The van der Waals surface area contributed by atoms with E-state index >= 15 is 0 Å². The molecule has 0 aliphatic carbocycles. The molecule has 0 aliphatic rings. The molecule has 0 fully saturated rings. The average molecular weight is 289 g/mol. The van der Waals surface area contributed by atoms with Gasteiger partial charge in [0.2, 0.25) is 0 Å². The fourth-order valence-electron chi connectivity index (χ4n) is 1.40. The van der Waals surface area contributed by atoms with Crippen molar-refractivity contribution in [1.29, 1.82) is 0 Å². The molecule has 1 N–H and O–H groups in total. The van der Waals surface area contributed by atoms with Crippen LogP contribution in [0.3, 0.4) is 0 Å². The average Bonchev–Trinajstić information content (AvgIpc) is 2.24. The summed E-state index contributed by atoms with van der Waals surface area (Å²) < 4.78 is 7.56. The van der Waals surface area contributed by atoms with Crippen LogP contribution in [0.1, 0.15) is 5.56 Å². The van der Waals surface area contributed by atoms with Crippen molar-refractivity contribution in [2.75, 3.05) is 26.8 Å². The predicted octanol–water partition coefficient (Wildman–Crippen LogP) is 1.16. The first-order chi connectivity index (χ1) is 7.65. The lowest BCUT2D eigenvalue weighted by molar-refractivity contribution is 0.199. The predicted molar refractivity (Wildman–Crippen MR) is 67.9 cm³/mol. The van der Waals surface area contributed by atoms with E-state index in [1.165, 1.54) is 0 Å². The molecule has 1 heterocycles. The lowest BCUT2D eigenvalue weighted by atomic mass is 10.3. The molecule has 1 rings (SSSR count). The molecule has 1 aromatic rings. The zero-order valence-electron chi connectivity index (χ0n) is 9.62. The number of aryl methyl sites for hydroxylation is 1. The van der Waals surface area contributed by atoms with E-state index in [0.717, 1.165) is 23.1 Å². The van der Waals surface area contributed by atoms with Crippen molar-refractivity contribution in [3.8, 4) is 0 Å². The van der Waals surface area contributed by atoms with Gasteiger partial charge in [-0.05, 0) is 28.9 Å². The number of hydrogen-bond acceptors (Lipinski definition) is 3. The van der Waals surface area contributed by atoms with Gasteiger partial charge in [0.25, 0.3) is 5.56 Å². The van der Waals surface area contributed by atoms with Crippen molar-refractivity contribution >= 4 is 15.9 Å². The summed E-state index contributed by atoms with van der Waals surface area (Å²) in [5, 5.41) is 3.20. The first-order valence-corrected chi connectivity index (χ1v) is 6.00. The molecular formula is C11H17BrN2O2. The minimum Gasteiger partial charge on any atom is -0.383 e. The Balaban J connectivity index is 2.51. The maximum absolute atomic E-state index is 11.7. The van der Waals surface area contributed by atoms with Crippen molar-refractivity contribution < 1.29 is 4.74 Å². The fourth-order valence-corrected chi connectivity index (χ4v) is 2.00. The Morgan fingerprint density at radius 1 is 1.50 bits per heavy atom. The number of nitrogens with one attached hydrogen (secondary N) is 1. The van der Waals surface area contributed by atoms with Crippen LogP contribution in [0.2, 0.25) is 0 Å². The number of hydrogen-bond donors (Lipinski definition) is 1. The number of halogens is 1. The second kappa shape index (κ2) is 6.83. The molecule has 0 bridgehead atoms. The zero-order valence-corrected chi connectivity index (χ0v) is 11.2. The summed E-state index contributed by atoms with van der Waals surface area (Å²) in [5.41, 5.74) is 0.822. The van der Waals surface area contributed by atoms with Crippen molar-refractivity contribution in [2.24, 2.45) is 0 Å². The number of aromatic nitrogens is 1. The molecule has 0 atom stereocenters. The summed E-state index contributed by atoms with van der Waals surface area (Å²) >= 11 is 3.38. The Morgan fingerprint density at radius 3 is 2.94 bits per heavy atom. The summed E-state index contributed by atoms with van der Waals surface area (Å²) in [6, 6.07) is 1.83. The smallest absolute Gasteiger partial charge is 0.253 e. The van der Waals surface area contributed by atoms with Gasteiger partial charge in [0.1, 0.15) is 0 Å². The Kier molecular flexibility index (Phi) is 5.73. The standard InChI is InChI=1S/C11H17BrN2O2/c1-9-7-10(12)8-14(11(9)15)5-3-13-4-6-16-2/h7-8,13H,3-6H2,1-2H3. The van der Waals surface area contributed by atoms with Gasteiger partial charge < -0.3 is 14.6 Å². The van der Waals surface area contributed by atoms with Gasteiger partial charge in [0.05, 0.1) is 6.61 Å². The Morgan fingerprint density at radius 2 is 2.25 bits per heavy atom. The Labute approximate surface area is 104 Å². The molecule has 0 amide bonds. The second-order valence-corrected chi connectivity index (χ2v) is 4.50. The van der Waals surface area contributed by atoms with Crippen molar-refractivity contribution in [2.45, 2.75) is 13.5 Å². The summed E-state index contributed by atoms with van der Waals surface area (Å²) in [6.45, 7) is 4.74. The highest BCUT2D eigenvalue weighted by Crippen LogP contribution is 2.07. The van der Waals surface area contributed by atoms with E-state index in [1.54, 1.807) is 11.7 Å². The Bertz CT molecular complexity index is 390. The third-order valence-corrected chi connectivity index (χ3v) is 2.68. The molecule has 0 aliphatic heterocycles. The van der Waals surface area contributed by atoms with Crippen LogP contribution in [-0.4, -0.2) is 31.4 Å². The van der Waals surface area contributed by atoms with Gasteiger partial charge in [-0.15, -0.1) is 0 Å². The molecule has 5 heteroatoms. The van der Waals surface area contributed by atoms with E-state index in [1.807, 2.05) is 19.2 Å². The quantitative estimate of drug-likeness (QED) is 0.799. The molecule has 0 aromatic carbocycles. The first kappa shape index (κ1) is 13.4. The van der Waals surface area contributed by atoms with Crippen LogP contribution in [0, 0.1) is 6.92 Å². The van der Waals surface area contributed by atoms with E-state index in [-0.39, 0.29) is 5.56 Å². The van der Waals surface area contributed by atoms with Crippen LogP contribution in [0.25, 0.3) is 0 Å². The molecule has 0 radical (unpaired) electrons. The summed E-state index contributed by atoms with van der Waals surface area (Å²) in [5.74, 6) is 0. The van der Waals surface area contributed by atoms with Gasteiger partial charge in [-0.3, -0.25) is 4.79 Å². The minimum absolute atomic E-state index is 0.0664. The number of methoxy groups -OCH3 is 1. The van der Waals surface area contributed by atoms with Gasteiger partial charge >= 0.3 is 0 Å². The topological polar surface area (TPSA) is 43.3 Å². The lowest BCUT2D eigenvalue weighted by Crippen LogP contribution is -2.29. The third kappa shape index (κ3) is 4.08. The maximum Gasteiger partial charge on any atom is 0.253 e. The number of nitrogens with zero attached hydrogens (tertiary/aromatic N) is 1. The van der Waals surface area contributed by atoms with Crippen molar-refractivity contribution in [3.05, 3.63) is 32.7 Å². The summed E-state index contributed by atoms with van der Waals surface area (Å²) in [6.07, 6.45) is 1.81. The van der Waals surface area contributed by atoms with Crippen molar-refractivity contribution in [1.82, 2.24) is 9.88 Å². The monoisotopic (exact) mass is 288 g/mol. The van der Waals surface area contributed by atoms with Crippen LogP contribution in [0.5, 0.6) is 0 Å². The first-order valence-electron chi connectivity index (χ1n) is 5.21. The lowest BCUT2D eigenvalue weighted by Gasteiger charge is -2.08. The summed E-state index contributed by atoms with van der Waals surface area (Å²) in [7, 11) is 1.67. The highest BCUT2D eigenvalue weighted by molar-refractivity contribution is 9.10.